The number of amides is 1. The molecule has 1 aliphatic heterocycles. The molecule has 2 fully saturated rings. The smallest absolute Gasteiger partial charge is 0.228 e. The Kier molecular flexibility index (Phi) is 7.07. The normalized spacial score (nSPS) is 20.7. The summed E-state index contributed by atoms with van der Waals surface area (Å²) in [5.74, 6) is 1.57. The summed E-state index contributed by atoms with van der Waals surface area (Å²) in [6.45, 7) is 0. The van der Waals surface area contributed by atoms with Gasteiger partial charge in [0, 0.05) is 17.7 Å². The fourth-order valence-electron chi connectivity index (χ4n) is 6.51. The lowest BCUT2D eigenvalue weighted by Crippen LogP contribution is -2.57. The molecule has 1 amide bonds. The van der Waals surface area contributed by atoms with E-state index in [1.54, 1.807) is 14.2 Å². The SMILES string of the molecule is COc1ccc(C2([C@@H](C(=O)NC3CCCCC3)C3CCCCC3)Nc3ccccc3N2)c(OC)c1. The van der Waals surface area contributed by atoms with Crippen LogP contribution in [0.15, 0.2) is 42.5 Å². The fourth-order valence-corrected chi connectivity index (χ4v) is 6.51. The zero-order chi connectivity index (χ0) is 24.3. The lowest BCUT2D eigenvalue weighted by Gasteiger charge is -2.44. The van der Waals surface area contributed by atoms with Gasteiger partial charge in [-0.25, -0.2) is 0 Å². The topological polar surface area (TPSA) is 71.6 Å². The third-order valence-electron chi connectivity index (χ3n) is 8.25. The minimum atomic E-state index is -0.817. The van der Waals surface area contributed by atoms with E-state index in [-0.39, 0.29) is 23.8 Å². The summed E-state index contributed by atoms with van der Waals surface area (Å²) in [7, 11) is 3.35. The Labute approximate surface area is 209 Å². The zero-order valence-electron chi connectivity index (χ0n) is 21.1. The van der Waals surface area contributed by atoms with Gasteiger partial charge in [-0.05, 0) is 55.9 Å². The van der Waals surface area contributed by atoms with Crippen molar-refractivity contribution in [1.29, 1.82) is 0 Å². The molecule has 0 bridgehead atoms. The molecule has 2 aliphatic carbocycles. The molecule has 3 aliphatic rings. The van der Waals surface area contributed by atoms with Gasteiger partial charge in [0.15, 0.2) is 5.66 Å². The monoisotopic (exact) mass is 477 g/mol. The summed E-state index contributed by atoms with van der Waals surface area (Å²) in [6, 6.07) is 14.4. The lowest BCUT2D eigenvalue weighted by atomic mass is 9.70. The van der Waals surface area contributed by atoms with Gasteiger partial charge in [-0.3, -0.25) is 4.79 Å². The highest BCUT2D eigenvalue weighted by atomic mass is 16.5. The van der Waals surface area contributed by atoms with E-state index in [2.05, 4.69) is 28.1 Å². The summed E-state index contributed by atoms with van der Waals surface area (Å²) in [5.41, 5.74) is 2.14. The Morgan fingerprint density at radius 2 is 1.51 bits per heavy atom. The fraction of sp³-hybridized carbons (Fsp3) is 0.552. The van der Waals surface area contributed by atoms with Crippen LogP contribution in [-0.4, -0.2) is 26.2 Å². The number of methoxy groups -OCH3 is 2. The standard InChI is InChI=1S/C29H39N3O3/c1-34-22-17-18-23(26(19-22)35-2)29(31-24-15-9-10-16-25(24)32-29)27(20-11-5-3-6-12-20)28(33)30-21-13-7-4-8-14-21/h9-10,15-21,27,31-32H,3-8,11-14H2,1-2H3,(H,30,33)/t27-/m1/s1. The van der Waals surface area contributed by atoms with Crippen LogP contribution in [0.1, 0.15) is 69.8 Å². The largest absolute Gasteiger partial charge is 0.497 e. The number of carbonyl (C=O) groups is 1. The quantitative estimate of drug-likeness (QED) is 0.453. The molecular formula is C29H39N3O3. The molecular weight excluding hydrogens is 438 g/mol. The summed E-state index contributed by atoms with van der Waals surface area (Å²) >= 11 is 0. The van der Waals surface area contributed by atoms with Gasteiger partial charge in [0.05, 0.1) is 31.5 Å². The molecule has 5 rings (SSSR count). The van der Waals surface area contributed by atoms with Crippen LogP contribution in [0.25, 0.3) is 0 Å². The molecule has 1 atom stereocenters. The van der Waals surface area contributed by atoms with Crippen molar-refractivity contribution in [3.05, 3.63) is 48.0 Å². The molecule has 1 heterocycles. The molecule has 2 saturated carbocycles. The first-order valence-electron chi connectivity index (χ1n) is 13.3. The third-order valence-corrected chi connectivity index (χ3v) is 8.25. The van der Waals surface area contributed by atoms with Gasteiger partial charge < -0.3 is 25.4 Å². The van der Waals surface area contributed by atoms with Gasteiger partial charge in [0.25, 0.3) is 0 Å². The highest BCUT2D eigenvalue weighted by Crippen LogP contribution is 2.51. The number of anilines is 2. The maximum absolute atomic E-state index is 14.3. The summed E-state index contributed by atoms with van der Waals surface area (Å²) in [5, 5.41) is 11.1. The first-order chi connectivity index (χ1) is 17.1. The number of carbonyl (C=O) groups excluding carboxylic acids is 1. The van der Waals surface area contributed by atoms with Crippen LogP contribution in [0, 0.1) is 11.8 Å². The van der Waals surface area contributed by atoms with Crippen molar-refractivity contribution >= 4 is 17.3 Å². The van der Waals surface area contributed by atoms with Crippen LogP contribution >= 0.6 is 0 Å². The second kappa shape index (κ2) is 10.4. The average molecular weight is 478 g/mol. The maximum Gasteiger partial charge on any atom is 0.228 e. The molecule has 0 saturated heterocycles. The van der Waals surface area contributed by atoms with E-state index in [1.165, 1.54) is 38.5 Å². The average Bonchev–Trinajstić information content (AvgIpc) is 3.29. The Balaban J connectivity index is 1.61. The number of hydrogen-bond donors (Lipinski definition) is 3. The van der Waals surface area contributed by atoms with Gasteiger partial charge >= 0.3 is 0 Å². The van der Waals surface area contributed by atoms with Crippen molar-refractivity contribution < 1.29 is 14.3 Å². The van der Waals surface area contributed by atoms with Crippen molar-refractivity contribution in [3.63, 3.8) is 0 Å². The van der Waals surface area contributed by atoms with E-state index < -0.39 is 5.66 Å². The molecule has 2 aromatic carbocycles. The predicted molar refractivity (Wildman–Crippen MR) is 140 cm³/mol. The Hall–Kier alpha value is -2.89. The Bertz CT molecular complexity index is 1000. The number of benzene rings is 2. The minimum absolute atomic E-state index is 0.148. The van der Waals surface area contributed by atoms with Crippen molar-refractivity contribution in [1.82, 2.24) is 5.32 Å². The van der Waals surface area contributed by atoms with E-state index in [0.717, 1.165) is 48.4 Å². The third kappa shape index (κ3) is 4.67. The molecule has 0 spiro atoms. The second-order valence-corrected chi connectivity index (χ2v) is 10.4. The van der Waals surface area contributed by atoms with Gasteiger partial charge in [-0.15, -0.1) is 0 Å². The molecule has 6 nitrogen and oxygen atoms in total. The van der Waals surface area contributed by atoms with Crippen molar-refractivity contribution in [2.75, 3.05) is 24.9 Å². The van der Waals surface area contributed by atoms with Crippen LogP contribution in [0.5, 0.6) is 11.5 Å². The van der Waals surface area contributed by atoms with Crippen molar-refractivity contribution in [3.8, 4) is 11.5 Å². The van der Waals surface area contributed by atoms with Gasteiger partial charge in [0.2, 0.25) is 5.91 Å². The predicted octanol–water partition coefficient (Wildman–Crippen LogP) is 6.04. The van der Waals surface area contributed by atoms with Gasteiger partial charge in [-0.2, -0.15) is 0 Å². The van der Waals surface area contributed by atoms with E-state index in [1.807, 2.05) is 30.3 Å². The number of ether oxygens (including phenoxy) is 2. The van der Waals surface area contributed by atoms with E-state index in [4.69, 9.17) is 9.47 Å². The first kappa shape index (κ1) is 23.8. The van der Waals surface area contributed by atoms with Gasteiger partial charge in [-0.1, -0.05) is 50.7 Å². The Morgan fingerprint density at radius 1 is 0.886 bits per heavy atom. The second-order valence-electron chi connectivity index (χ2n) is 10.4. The number of hydrogen-bond acceptors (Lipinski definition) is 5. The van der Waals surface area contributed by atoms with Crippen molar-refractivity contribution in [2.24, 2.45) is 11.8 Å². The summed E-state index contributed by atoms with van der Waals surface area (Å²) in [4.78, 5) is 14.3. The number of fused-ring (bicyclic) bond motifs is 1. The van der Waals surface area contributed by atoms with E-state index in [9.17, 15) is 4.79 Å². The molecule has 0 radical (unpaired) electrons. The maximum atomic E-state index is 14.3. The molecule has 35 heavy (non-hydrogen) atoms. The number of nitrogens with one attached hydrogen (secondary N) is 3. The molecule has 2 aromatic rings. The first-order valence-corrected chi connectivity index (χ1v) is 13.3. The van der Waals surface area contributed by atoms with Crippen molar-refractivity contribution in [2.45, 2.75) is 75.9 Å². The van der Waals surface area contributed by atoms with Crippen LogP contribution in [0.2, 0.25) is 0 Å². The number of para-hydroxylation sites is 2. The zero-order valence-corrected chi connectivity index (χ0v) is 21.1. The summed E-state index contributed by atoms with van der Waals surface area (Å²) in [6.07, 6.45) is 11.5. The highest BCUT2D eigenvalue weighted by molar-refractivity contribution is 5.87. The lowest BCUT2D eigenvalue weighted by molar-refractivity contribution is -0.130. The van der Waals surface area contributed by atoms with Crippen LogP contribution in [0.3, 0.4) is 0 Å². The van der Waals surface area contributed by atoms with Gasteiger partial charge in [0.1, 0.15) is 11.5 Å². The molecule has 6 heteroatoms. The van der Waals surface area contributed by atoms with E-state index >= 15 is 0 Å². The molecule has 188 valence electrons. The molecule has 0 aromatic heterocycles. The Morgan fingerprint density at radius 3 is 2.11 bits per heavy atom. The number of rotatable bonds is 7. The van der Waals surface area contributed by atoms with Crippen LogP contribution < -0.4 is 25.4 Å². The molecule has 3 N–H and O–H groups in total. The molecule has 0 unspecified atom stereocenters. The minimum Gasteiger partial charge on any atom is -0.497 e. The van der Waals surface area contributed by atoms with Crippen LogP contribution in [-0.2, 0) is 10.5 Å². The van der Waals surface area contributed by atoms with Crippen LogP contribution in [0.4, 0.5) is 11.4 Å². The highest BCUT2D eigenvalue weighted by Gasteiger charge is 2.53. The van der Waals surface area contributed by atoms with E-state index in [0.29, 0.717) is 5.75 Å². The summed E-state index contributed by atoms with van der Waals surface area (Å²) < 4.78 is 11.4.